The molecule has 2 nitrogen and oxygen atoms in total. The van der Waals surface area contributed by atoms with Gasteiger partial charge in [-0.15, -0.1) is 0 Å². The predicted molar refractivity (Wildman–Crippen MR) is 78.7 cm³/mol. The Bertz CT molecular complexity index is 375. The van der Waals surface area contributed by atoms with Crippen molar-refractivity contribution in [3.63, 3.8) is 0 Å². The van der Waals surface area contributed by atoms with E-state index in [0.29, 0.717) is 5.92 Å². The summed E-state index contributed by atoms with van der Waals surface area (Å²) in [7, 11) is 0. The van der Waals surface area contributed by atoms with Crippen molar-refractivity contribution in [3.8, 4) is 5.75 Å². The molecule has 1 atom stereocenters. The van der Waals surface area contributed by atoms with Crippen molar-refractivity contribution in [1.82, 2.24) is 5.32 Å². The first-order chi connectivity index (χ1) is 9.42. The van der Waals surface area contributed by atoms with Gasteiger partial charge in [-0.25, -0.2) is 0 Å². The van der Waals surface area contributed by atoms with Crippen LogP contribution in [0.2, 0.25) is 0 Å². The van der Waals surface area contributed by atoms with Gasteiger partial charge in [-0.1, -0.05) is 31.4 Å². The summed E-state index contributed by atoms with van der Waals surface area (Å²) >= 11 is 0. The van der Waals surface area contributed by atoms with E-state index < -0.39 is 0 Å². The molecule has 1 aromatic carbocycles. The van der Waals surface area contributed by atoms with Gasteiger partial charge in [0.15, 0.2) is 0 Å². The summed E-state index contributed by atoms with van der Waals surface area (Å²) in [6.45, 7) is 3.12. The first-order valence-electron chi connectivity index (χ1n) is 7.85. The fraction of sp³-hybridized carbons (Fsp3) is 0.647. The molecule has 0 bridgehead atoms. The quantitative estimate of drug-likeness (QED) is 0.889. The minimum atomic E-state index is 0.693. The van der Waals surface area contributed by atoms with Crippen LogP contribution in [0.15, 0.2) is 24.3 Å². The van der Waals surface area contributed by atoms with Gasteiger partial charge in [-0.05, 0) is 49.4 Å². The molecule has 2 heteroatoms. The zero-order valence-electron chi connectivity index (χ0n) is 11.7. The summed E-state index contributed by atoms with van der Waals surface area (Å²) in [5, 5.41) is 3.38. The lowest BCUT2D eigenvalue weighted by molar-refractivity contribution is 0.260. The lowest BCUT2D eigenvalue weighted by Gasteiger charge is -2.22. The third-order valence-corrected chi connectivity index (χ3v) is 4.60. The van der Waals surface area contributed by atoms with Gasteiger partial charge in [0, 0.05) is 12.5 Å². The first kappa shape index (κ1) is 13.0. The van der Waals surface area contributed by atoms with E-state index in [1.807, 2.05) is 0 Å². The van der Waals surface area contributed by atoms with Crippen LogP contribution in [-0.4, -0.2) is 19.7 Å². The topological polar surface area (TPSA) is 21.3 Å². The van der Waals surface area contributed by atoms with Crippen molar-refractivity contribution < 1.29 is 4.74 Å². The van der Waals surface area contributed by atoms with Crippen LogP contribution >= 0.6 is 0 Å². The van der Waals surface area contributed by atoms with Gasteiger partial charge >= 0.3 is 0 Å². The third-order valence-electron chi connectivity index (χ3n) is 4.60. The minimum absolute atomic E-state index is 0.693. The van der Waals surface area contributed by atoms with Gasteiger partial charge in [-0.2, -0.15) is 0 Å². The molecule has 1 heterocycles. The van der Waals surface area contributed by atoms with Crippen molar-refractivity contribution >= 4 is 0 Å². The van der Waals surface area contributed by atoms with Crippen LogP contribution in [0.3, 0.4) is 0 Å². The van der Waals surface area contributed by atoms with Crippen LogP contribution in [0.5, 0.6) is 5.75 Å². The summed E-state index contributed by atoms with van der Waals surface area (Å²) in [4.78, 5) is 0. The number of rotatable bonds is 4. The highest BCUT2D eigenvalue weighted by atomic mass is 16.5. The molecule has 0 spiro atoms. The fourth-order valence-corrected chi connectivity index (χ4v) is 3.34. The Kier molecular flexibility index (Phi) is 4.39. The summed E-state index contributed by atoms with van der Waals surface area (Å²) in [6, 6.07) is 8.87. The molecule has 2 fully saturated rings. The molecule has 1 aliphatic heterocycles. The normalized spacial score (nSPS) is 24.5. The first-order valence-corrected chi connectivity index (χ1v) is 7.85. The predicted octanol–water partition coefficient (Wildman–Crippen LogP) is 3.72. The Morgan fingerprint density at radius 3 is 2.47 bits per heavy atom. The average molecular weight is 259 g/mol. The van der Waals surface area contributed by atoms with Crippen LogP contribution in [0.25, 0.3) is 0 Å². The molecule has 0 amide bonds. The fourth-order valence-electron chi connectivity index (χ4n) is 3.34. The van der Waals surface area contributed by atoms with Gasteiger partial charge in [-0.3, -0.25) is 0 Å². The molecule has 2 aliphatic rings. The molecule has 1 unspecified atom stereocenters. The second kappa shape index (κ2) is 6.42. The van der Waals surface area contributed by atoms with Crippen molar-refractivity contribution in [2.45, 2.75) is 44.4 Å². The highest BCUT2D eigenvalue weighted by molar-refractivity contribution is 5.29. The van der Waals surface area contributed by atoms with E-state index in [4.69, 9.17) is 4.74 Å². The maximum atomic E-state index is 5.89. The molecular formula is C17H25NO. The van der Waals surface area contributed by atoms with E-state index in [9.17, 15) is 0 Å². The van der Waals surface area contributed by atoms with E-state index in [-0.39, 0.29) is 0 Å². The maximum Gasteiger partial charge on any atom is 0.119 e. The number of hydrogen-bond acceptors (Lipinski definition) is 2. The standard InChI is InChI=1S/C17H25NO/c1-2-4-15(5-3-1)16-6-8-17(9-7-16)19-13-14-10-11-18-12-14/h6-9,14-15,18H,1-5,10-13H2. The Morgan fingerprint density at radius 1 is 1.00 bits per heavy atom. The zero-order chi connectivity index (χ0) is 12.9. The smallest absolute Gasteiger partial charge is 0.119 e. The summed E-state index contributed by atoms with van der Waals surface area (Å²) in [6.07, 6.45) is 8.21. The molecule has 1 N–H and O–H groups in total. The van der Waals surface area contributed by atoms with Crippen molar-refractivity contribution in [2.24, 2.45) is 5.92 Å². The molecule has 0 radical (unpaired) electrons. The lowest BCUT2D eigenvalue weighted by atomic mass is 9.84. The molecule has 1 aliphatic carbocycles. The largest absolute Gasteiger partial charge is 0.493 e. The Balaban J connectivity index is 1.52. The average Bonchev–Trinajstić information content (AvgIpc) is 3.00. The Labute approximate surface area is 116 Å². The molecule has 1 saturated heterocycles. The van der Waals surface area contributed by atoms with E-state index in [1.54, 1.807) is 0 Å². The van der Waals surface area contributed by atoms with Crippen molar-refractivity contribution in [3.05, 3.63) is 29.8 Å². The van der Waals surface area contributed by atoms with Gasteiger partial charge in [0.05, 0.1) is 6.61 Å². The highest BCUT2D eigenvalue weighted by Crippen LogP contribution is 2.33. The maximum absolute atomic E-state index is 5.89. The van der Waals surface area contributed by atoms with Gasteiger partial charge in [0.1, 0.15) is 5.75 Å². The summed E-state index contributed by atoms with van der Waals surface area (Å²) < 4.78 is 5.89. The van der Waals surface area contributed by atoms with Crippen LogP contribution in [0.1, 0.15) is 50.0 Å². The number of benzene rings is 1. The van der Waals surface area contributed by atoms with Crippen LogP contribution in [0, 0.1) is 5.92 Å². The molecule has 3 rings (SSSR count). The summed E-state index contributed by atoms with van der Waals surface area (Å²) in [5.41, 5.74) is 1.51. The lowest BCUT2D eigenvalue weighted by Crippen LogP contribution is -2.15. The molecule has 1 aromatic rings. The minimum Gasteiger partial charge on any atom is -0.493 e. The SMILES string of the molecule is c1cc(C2CCCCC2)ccc1OCC1CCNC1. The van der Waals surface area contributed by atoms with E-state index in [2.05, 4.69) is 29.6 Å². The molecule has 19 heavy (non-hydrogen) atoms. The van der Waals surface area contributed by atoms with E-state index >= 15 is 0 Å². The monoisotopic (exact) mass is 259 g/mol. The second-order valence-corrected chi connectivity index (χ2v) is 6.07. The number of nitrogens with one attached hydrogen (secondary N) is 1. The van der Waals surface area contributed by atoms with Crippen molar-refractivity contribution in [2.75, 3.05) is 19.7 Å². The molecular weight excluding hydrogens is 234 g/mol. The molecule has 0 aromatic heterocycles. The number of hydrogen-bond donors (Lipinski definition) is 1. The molecule has 104 valence electrons. The van der Waals surface area contributed by atoms with E-state index in [1.165, 1.54) is 44.1 Å². The highest BCUT2D eigenvalue weighted by Gasteiger charge is 2.16. The van der Waals surface area contributed by atoms with Crippen molar-refractivity contribution in [1.29, 1.82) is 0 Å². The molecule has 1 saturated carbocycles. The third kappa shape index (κ3) is 3.50. The van der Waals surface area contributed by atoms with Gasteiger partial charge < -0.3 is 10.1 Å². The zero-order valence-corrected chi connectivity index (χ0v) is 11.7. The van der Waals surface area contributed by atoms with Gasteiger partial charge in [0.25, 0.3) is 0 Å². The van der Waals surface area contributed by atoms with Crippen LogP contribution < -0.4 is 10.1 Å². The van der Waals surface area contributed by atoms with Crippen LogP contribution in [0.4, 0.5) is 0 Å². The number of ether oxygens (including phenoxy) is 1. The second-order valence-electron chi connectivity index (χ2n) is 6.07. The Hall–Kier alpha value is -1.02. The van der Waals surface area contributed by atoms with Crippen LogP contribution in [-0.2, 0) is 0 Å². The Morgan fingerprint density at radius 2 is 1.79 bits per heavy atom. The van der Waals surface area contributed by atoms with E-state index in [0.717, 1.165) is 31.4 Å². The van der Waals surface area contributed by atoms with Gasteiger partial charge in [0.2, 0.25) is 0 Å². The summed E-state index contributed by atoms with van der Waals surface area (Å²) in [5.74, 6) is 2.52.